The van der Waals surface area contributed by atoms with Crippen LogP contribution in [0, 0.1) is 10.8 Å². The van der Waals surface area contributed by atoms with E-state index in [1.807, 2.05) is 0 Å². The van der Waals surface area contributed by atoms with Gasteiger partial charge in [-0.05, 0) is 94.9 Å². The standard InChI is InChI=1S/C34H39BrClNO6S/c1-7-13-37-24-16-33(3,4)18-26(38)30(24)29(31-25(37)17-34(5,6)19-27(31)39)20-14-23(35)32(28(15-20)42-8-2)43-44(40,41)22-11-9-21(36)10-12-22/h9-12,14-15,29H,7-8,13,16-19H2,1-6H3. The lowest BCUT2D eigenvalue weighted by atomic mass is 9.63. The van der Waals surface area contributed by atoms with Gasteiger partial charge in [-0.1, -0.05) is 46.2 Å². The molecule has 0 saturated heterocycles. The maximum atomic E-state index is 14.0. The zero-order chi connectivity index (χ0) is 32.2. The summed E-state index contributed by atoms with van der Waals surface area (Å²) >= 11 is 9.51. The Labute approximate surface area is 273 Å². The molecule has 2 aromatic carbocycles. The van der Waals surface area contributed by atoms with Gasteiger partial charge in [0, 0.05) is 52.9 Å². The fourth-order valence-electron chi connectivity index (χ4n) is 6.73. The molecule has 0 spiro atoms. The van der Waals surface area contributed by atoms with Crippen LogP contribution in [0.1, 0.15) is 85.1 Å². The molecule has 0 atom stereocenters. The molecule has 1 aliphatic heterocycles. The molecule has 0 bridgehead atoms. The summed E-state index contributed by atoms with van der Waals surface area (Å²) in [6.07, 6.45) is 3.07. The van der Waals surface area contributed by atoms with Gasteiger partial charge in [0.25, 0.3) is 0 Å². The lowest BCUT2D eigenvalue weighted by Gasteiger charge is -2.49. The molecule has 236 valence electrons. The molecule has 0 radical (unpaired) electrons. The van der Waals surface area contributed by atoms with Crippen molar-refractivity contribution in [3.05, 3.63) is 74.0 Å². The SMILES string of the molecule is CCCN1C2=C(C(=O)CC(C)(C)C2)C(c2cc(Br)c(OS(=O)(=O)c3ccc(Cl)cc3)c(OCC)c2)C2=C1CC(C)(C)CC2=O. The molecule has 0 fully saturated rings. The topological polar surface area (TPSA) is 90.0 Å². The number of ether oxygens (including phenoxy) is 1. The van der Waals surface area contributed by atoms with Gasteiger partial charge in [0.2, 0.25) is 0 Å². The third-order valence-corrected chi connectivity index (χ3v) is 10.5. The minimum Gasteiger partial charge on any atom is -0.490 e. The third-order valence-electron chi connectivity index (χ3n) is 8.43. The zero-order valence-electron chi connectivity index (χ0n) is 26.1. The number of allylic oxidation sites excluding steroid dienone is 4. The highest BCUT2D eigenvalue weighted by atomic mass is 79.9. The Morgan fingerprint density at radius 3 is 1.95 bits per heavy atom. The van der Waals surface area contributed by atoms with Crippen LogP contribution < -0.4 is 8.92 Å². The van der Waals surface area contributed by atoms with Crippen LogP contribution in [0.25, 0.3) is 0 Å². The quantitative estimate of drug-likeness (QED) is 0.255. The maximum absolute atomic E-state index is 14.0. The average Bonchev–Trinajstić information content (AvgIpc) is 2.90. The molecule has 44 heavy (non-hydrogen) atoms. The molecule has 0 saturated carbocycles. The van der Waals surface area contributed by atoms with Crippen molar-refractivity contribution in [3.63, 3.8) is 0 Å². The molecular weight excluding hydrogens is 666 g/mol. The number of halogens is 2. The maximum Gasteiger partial charge on any atom is 0.339 e. The lowest BCUT2D eigenvalue weighted by molar-refractivity contribution is -0.119. The van der Waals surface area contributed by atoms with E-state index in [1.165, 1.54) is 24.3 Å². The highest BCUT2D eigenvalue weighted by molar-refractivity contribution is 9.10. The summed E-state index contributed by atoms with van der Waals surface area (Å²) in [5.74, 6) is -0.346. The first-order valence-electron chi connectivity index (χ1n) is 15.0. The Kier molecular flexibility index (Phi) is 8.90. The number of Topliss-reactive ketones (excluding diaryl/α,β-unsaturated/α-hetero) is 2. The van der Waals surface area contributed by atoms with Gasteiger partial charge in [-0.15, -0.1) is 0 Å². The molecule has 10 heteroatoms. The summed E-state index contributed by atoms with van der Waals surface area (Å²) < 4.78 is 38.4. The van der Waals surface area contributed by atoms with Crippen LogP contribution in [0.15, 0.2) is 68.3 Å². The van der Waals surface area contributed by atoms with Gasteiger partial charge in [0.05, 0.1) is 11.1 Å². The second kappa shape index (κ2) is 12.0. The number of carbonyl (C=O) groups is 2. The van der Waals surface area contributed by atoms with Gasteiger partial charge in [-0.25, -0.2) is 0 Å². The summed E-state index contributed by atoms with van der Waals surface area (Å²) in [6, 6.07) is 9.18. The van der Waals surface area contributed by atoms with E-state index in [0.717, 1.165) is 37.2 Å². The van der Waals surface area contributed by atoms with E-state index < -0.39 is 16.0 Å². The van der Waals surface area contributed by atoms with Crippen molar-refractivity contribution >= 4 is 49.2 Å². The normalized spacial score (nSPS) is 20.0. The fourth-order valence-corrected chi connectivity index (χ4v) is 8.46. The van der Waals surface area contributed by atoms with Gasteiger partial charge >= 0.3 is 10.1 Å². The number of rotatable bonds is 8. The second-order valence-electron chi connectivity index (χ2n) is 13.4. The minimum atomic E-state index is -4.23. The second-order valence-corrected chi connectivity index (χ2v) is 16.3. The van der Waals surface area contributed by atoms with Crippen molar-refractivity contribution in [2.75, 3.05) is 13.2 Å². The summed E-state index contributed by atoms with van der Waals surface area (Å²) in [7, 11) is -4.23. The Morgan fingerprint density at radius 1 is 0.909 bits per heavy atom. The van der Waals surface area contributed by atoms with E-state index in [4.69, 9.17) is 20.5 Å². The summed E-state index contributed by atoms with van der Waals surface area (Å²) in [5.41, 5.74) is 3.52. The van der Waals surface area contributed by atoms with Crippen LogP contribution >= 0.6 is 27.5 Å². The number of nitrogens with zero attached hydrogens (tertiary/aromatic N) is 1. The smallest absolute Gasteiger partial charge is 0.339 e. The first kappa shape index (κ1) is 32.8. The van der Waals surface area contributed by atoms with Crippen molar-refractivity contribution in [1.82, 2.24) is 4.90 Å². The van der Waals surface area contributed by atoms with Crippen molar-refractivity contribution in [2.45, 2.75) is 84.5 Å². The van der Waals surface area contributed by atoms with E-state index in [9.17, 15) is 18.0 Å². The number of carbonyl (C=O) groups excluding carboxylic acids is 2. The van der Waals surface area contributed by atoms with Gasteiger partial charge in [-0.2, -0.15) is 8.42 Å². The van der Waals surface area contributed by atoms with Crippen molar-refractivity contribution in [1.29, 1.82) is 0 Å². The molecular formula is C34H39BrClNO6S. The number of benzene rings is 2. The van der Waals surface area contributed by atoms with E-state index in [-0.39, 0.29) is 45.4 Å². The first-order valence-corrected chi connectivity index (χ1v) is 17.6. The van der Waals surface area contributed by atoms with E-state index in [0.29, 0.717) is 39.0 Å². The van der Waals surface area contributed by atoms with E-state index in [1.54, 1.807) is 19.1 Å². The fraction of sp³-hybridized carbons (Fsp3) is 0.471. The van der Waals surface area contributed by atoms with E-state index >= 15 is 0 Å². The van der Waals surface area contributed by atoms with Crippen LogP contribution in [0.2, 0.25) is 5.02 Å². The predicted molar refractivity (Wildman–Crippen MR) is 174 cm³/mol. The monoisotopic (exact) mass is 703 g/mol. The number of ketones is 2. The molecule has 0 aromatic heterocycles. The van der Waals surface area contributed by atoms with Gasteiger partial charge in [0.15, 0.2) is 23.1 Å². The number of hydrogen-bond acceptors (Lipinski definition) is 7. The highest BCUT2D eigenvalue weighted by Crippen LogP contribution is 2.55. The Morgan fingerprint density at radius 2 is 1.45 bits per heavy atom. The number of hydrogen-bond donors (Lipinski definition) is 0. The molecule has 0 unspecified atom stereocenters. The largest absolute Gasteiger partial charge is 0.490 e. The molecule has 5 rings (SSSR count). The molecule has 3 aliphatic rings. The van der Waals surface area contributed by atoms with Crippen molar-refractivity contribution < 1.29 is 26.9 Å². The average molecular weight is 705 g/mol. The summed E-state index contributed by atoms with van der Waals surface area (Å²) in [4.78, 5) is 30.3. The van der Waals surface area contributed by atoms with E-state index in [2.05, 4.69) is 55.4 Å². The molecule has 2 aliphatic carbocycles. The Bertz CT molecular complexity index is 1640. The van der Waals surface area contributed by atoms with Crippen LogP contribution in [0.4, 0.5) is 0 Å². The molecule has 0 N–H and O–H groups in total. The third kappa shape index (κ3) is 6.24. The van der Waals surface area contributed by atoms with Gasteiger partial charge in [-0.3, -0.25) is 9.59 Å². The predicted octanol–water partition coefficient (Wildman–Crippen LogP) is 8.36. The molecule has 2 aromatic rings. The lowest BCUT2D eigenvalue weighted by Crippen LogP contribution is -2.44. The Balaban J connectivity index is 1.71. The molecule has 0 amide bonds. The molecule has 1 heterocycles. The van der Waals surface area contributed by atoms with Gasteiger partial charge in [0.1, 0.15) is 4.90 Å². The highest BCUT2D eigenvalue weighted by Gasteiger charge is 2.49. The van der Waals surface area contributed by atoms with Crippen LogP contribution in [0.5, 0.6) is 11.5 Å². The minimum absolute atomic E-state index is 0.00965. The van der Waals surface area contributed by atoms with Crippen molar-refractivity contribution in [3.8, 4) is 11.5 Å². The molecule has 7 nitrogen and oxygen atoms in total. The van der Waals surface area contributed by atoms with Crippen LogP contribution in [0.3, 0.4) is 0 Å². The van der Waals surface area contributed by atoms with Gasteiger partial charge < -0.3 is 13.8 Å². The summed E-state index contributed by atoms with van der Waals surface area (Å²) in [6.45, 7) is 13.3. The Hall–Kier alpha value is -2.62. The van der Waals surface area contributed by atoms with Crippen LogP contribution in [-0.2, 0) is 19.7 Å². The van der Waals surface area contributed by atoms with Crippen molar-refractivity contribution in [2.24, 2.45) is 10.8 Å². The zero-order valence-corrected chi connectivity index (χ0v) is 29.2. The van der Waals surface area contributed by atoms with Crippen LogP contribution in [-0.4, -0.2) is 38.0 Å². The first-order chi connectivity index (χ1) is 20.6. The summed E-state index contributed by atoms with van der Waals surface area (Å²) in [5, 5.41) is 0.401.